The summed E-state index contributed by atoms with van der Waals surface area (Å²) in [6.07, 6.45) is 18.5. The standard InChI is InChI=1S/C40H36OP2/c1-5-15-31(16-6-2)42(32-18-10-8-11-19-32)35-23-24-39-37(27-35)38-28-36(26-30(7-3)40(38)41-39)43(33-20-12-9-13-21-33)34-22-14-17-29(4)25-34/h5-16,18-29H,1,3,17H2,2,4H3/b16-6-,31-15+. The molecule has 1 aliphatic rings. The van der Waals surface area contributed by atoms with Gasteiger partial charge in [0.1, 0.15) is 11.2 Å². The Morgan fingerprint density at radius 2 is 1.56 bits per heavy atom. The lowest BCUT2D eigenvalue weighted by atomic mass is 10.0. The number of rotatable bonds is 9. The summed E-state index contributed by atoms with van der Waals surface area (Å²) in [6.45, 7) is 12.6. The molecular formula is C40H36OP2. The van der Waals surface area contributed by atoms with E-state index in [-0.39, 0.29) is 0 Å². The van der Waals surface area contributed by atoms with E-state index in [2.05, 4.69) is 154 Å². The predicted molar refractivity (Wildman–Crippen MR) is 193 cm³/mol. The van der Waals surface area contributed by atoms with E-state index in [1.54, 1.807) is 0 Å². The molecule has 0 N–H and O–H groups in total. The molecule has 6 rings (SSSR count). The number of allylic oxidation sites excluding steroid dienone is 9. The van der Waals surface area contributed by atoms with Crippen molar-refractivity contribution in [3.8, 4) is 0 Å². The normalized spacial score (nSPS) is 16.8. The van der Waals surface area contributed by atoms with Crippen LogP contribution in [-0.2, 0) is 0 Å². The number of benzene rings is 4. The summed E-state index contributed by atoms with van der Waals surface area (Å²) in [6, 6.07) is 33.1. The summed E-state index contributed by atoms with van der Waals surface area (Å²) < 4.78 is 6.54. The molecule has 0 bridgehead atoms. The second-order valence-electron chi connectivity index (χ2n) is 10.8. The van der Waals surface area contributed by atoms with Crippen LogP contribution in [0.5, 0.6) is 0 Å². The largest absolute Gasteiger partial charge is 0.455 e. The first-order chi connectivity index (χ1) is 21.1. The number of fused-ring (bicyclic) bond motifs is 3. The van der Waals surface area contributed by atoms with Crippen LogP contribution in [0.15, 0.2) is 162 Å². The van der Waals surface area contributed by atoms with Crippen LogP contribution in [0.4, 0.5) is 0 Å². The molecule has 0 fully saturated rings. The van der Waals surface area contributed by atoms with Crippen molar-refractivity contribution in [1.82, 2.24) is 0 Å². The Bertz CT molecular complexity index is 1900. The molecule has 3 atom stereocenters. The van der Waals surface area contributed by atoms with Crippen LogP contribution in [0, 0.1) is 5.92 Å². The third-order valence-corrected chi connectivity index (χ3v) is 12.6. The highest BCUT2D eigenvalue weighted by Gasteiger charge is 2.24. The van der Waals surface area contributed by atoms with Crippen molar-refractivity contribution in [2.75, 3.05) is 0 Å². The second kappa shape index (κ2) is 13.1. The Balaban J connectivity index is 1.58. The predicted octanol–water partition coefficient (Wildman–Crippen LogP) is 10.2. The molecule has 0 radical (unpaired) electrons. The zero-order chi connectivity index (χ0) is 29.8. The fourth-order valence-corrected chi connectivity index (χ4v) is 10.8. The monoisotopic (exact) mass is 594 g/mol. The van der Waals surface area contributed by atoms with Gasteiger partial charge in [0, 0.05) is 16.3 Å². The minimum Gasteiger partial charge on any atom is -0.455 e. The summed E-state index contributed by atoms with van der Waals surface area (Å²) in [5.74, 6) is 0.529. The van der Waals surface area contributed by atoms with E-state index < -0.39 is 15.8 Å². The SMILES string of the molecule is C=C/C=C(\C=C/C)P(c1ccccc1)c1ccc2oc3c(C=C)cc(P(C4=CC(C)CC=C4)c4ccccc4)cc3c2c1. The van der Waals surface area contributed by atoms with Gasteiger partial charge < -0.3 is 4.42 Å². The van der Waals surface area contributed by atoms with Gasteiger partial charge >= 0.3 is 0 Å². The Hall–Kier alpha value is -4.02. The van der Waals surface area contributed by atoms with Gasteiger partial charge in [-0.25, -0.2) is 0 Å². The van der Waals surface area contributed by atoms with Crippen molar-refractivity contribution in [3.05, 3.63) is 163 Å². The zero-order valence-corrected chi connectivity index (χ0v) is 26.6. The highest BCUT2D eigenvalue weighted by Crippen LogP contribution is 2.48. The number of hydrogen-bond acceptors (Lipinski definition) is 1. The second-order valence-corrected chi connectivity index (χ2v) is 15.2. The highest BCUT2D eigenvalue weighted by molar-refractivity contribution is 7.77. The molecule has 0 aliphatic heterocycles. The van der Waals surface area contributed by atoms with Gasteiger partial charge in [-0.3, -0.25) is 0 Å². The molecule has 1 heterocycles. The Morgan fingerprint density at radius 3 is 2.23 bits per heavy atom. The van der Waals surface area contributed by atoms with Crippen molar-refractivity contribution in [2.24, 2.45) is 5.92 Å². The maximum atomic E-state index is 6.54. The van der Waals surface area contributed by atoms with Crippen LogP contribution in [0.1, 0.15) is 25.8 Å². The molecule has 3 unspecified atom stereocenters. The molecule has 4 aromatic carbocycles. The van der Waals surface area contributed by atoms with Gasteiger partial charge in [-0.15, -0.1) is 0 Å². The van der Waals surface area contributed by atoms with E-state index in [4.69, 9.17) is 4.42 Å². The van der Waals surface area contributed by atoms with E-state index in [1.807, 2.05) is 12.2 Å². The first-order valence-electron chi connectivity index (χ1n) is 14.8. The number of hydrogen-bond donors (Lipinski definition) is 0. The quantitative estimate of drug-likeness (QED) is 0.122. The van der Waals surface area contributed by atoms with E-state index >= 15 is 0 Å². The topological polar surface area (TPSA) is 13.1 Å². The van der Waals surface area contributed by atoms with Crippen LogP contribution in [-0.4, -0.2) is 0 Å². The summed E-state index contributed by atoms with van der Waals surface area (Å²) in [5, 5.41) is 10.2. The summed E-state index contributed by atoms with van der Waals surface area (Å²) in [4.78, 5) is 0. The van der Waals surface area contributed by atoms with Crippen LogP contribution in [0.25, 0.3) is 28.0 Å². The number of furan rings is 1. The van der Waals surface area contributed by atoms with Gasteiger partial charge in [0.2, 0.25) is 0 Å². The summed E-state index contributed by atoms with van der Waals surface area (Å²) in [7, 11) is -1.54. The molecule has 0 amide bonds. The van der Waals surface area contributed by atoms with E-state index in [1.165, 1.54) is 31.8 Å². The lowest BCUT2D eigenvalue weighted by Gasteiger charge is -2.24. The van der Waals surface area contributed by atoms with Crippen molar-refractivity contribution in [3.63, 3.8) is 0 Å². The smallest absolute Gasteiger partial charge is 0.142 e. The van der Waals surface area contributed by atoms with Gasteiger partial charge in [-0.05, 0) is 91.2 Å². The fourth-order valence-electron chi connectivity index (χ4n) is 5.81. The third kappa shape index (κ3) is 5.94. The van der Waals surface area contributed by atoms with Crippen LogP contribution >= 0.6 is 15.8 Å². The molecule has 3 heteroatoms. The summed E-state index contributed by atoms with van der Waals surface area (Å²) in [5.41, 5.74) is 2.83. The van der Waals surface area contributed by atoms with E-state index in [0.717, 1.165) is 33.9 Å². The molecular weight excluding hydrogens is 558 g/mol. The first-order valence-corrected chi connectivity index (χ1v) is 17.5. The third-order valence-electron chi connectivity index (χ3n) is 7.73. The highest BCUT2D eigenvalue weighted by atomic mass is 31.1. The van der Waals surface area contributed by atoms with Crippen molar-refractivity contribution in [2.45, 2.75) is 20.3 Å². The van der Waals surface area contributed by atoms with Gasteiger partial charge in [0.25, 0.3) is 0 Å². The van der Waals surface area contributed by atoms with Gasteiger partial charge in [-0.1, -0.05) is 135 Å². The molecule has 0 saturated carbocycles. The molecule has 1 aliphatic carbocycles. The zero-order valence-electron chi connectivity index (χ0n) is 24.8. The Labute approximate surface area is 257 Å². The van der Waals surface area contributed by atoms with Gasteiger partial charge in [-0.2, -0.15) is 0 Å². The maximum absolute atomic E-state index is 6.54. The van der Waals surface area contributed by atoms with Crippen LogP contribution in [0.2, 0.25) is 0 Å². The first kappa shape index (κ1) is 29.1. The molecule has 1 aromatic heterocycles. The lowest BCUT2D eigenvalue weighted by molar-refractivity contribution is 0.668. The molecule has 0 saturated heterocycles. The molecule has 212 valence electrons. The van der Waals surface area contributed by atoms with Crippen LogP contribution in [0.3, 0.4) is 0 Å². The molecule has 5 aromatic rings. The van der Waals surface area contributed by atoms with Crippen molar-refractivity contribution in [1.29, 1.82) is 0 Å². The fraction of sp³-hybridized carbons (Fsp3) is 0.100. The minimum absolute atomic E-state index is 0.529. The molecule has 43 heavy (non-hydrogen) atoms. The van der Waals surface area contributed by atoms with Crippen molar-refractivity contribution < 1.29 is 4.42 Å². The average molecular weight is 595 g/mol. The van der Waals surface area contributed by atoms with Gasteiger partial charge in [0.05, 0.1) is 0 Å². The van der Waals surface area contributed by atoms with Gasteiger partial charge in [0.15, 0.2) is 0 Å². The van der Waals surface area contributed by atoms with Crippen LogP contribution < -0.4 is 21.2 Å². The molecule has 0 spiro atoms. The van der Waals surface area contributed by atoms with E-state index in [0.29, 0.717) is 5.92 Å². The van der Waals surface area contributed by atoms with E-state index in [9.17, 15) is 0 Å². The Morgan fingerprint density at radius 1 is 0.837 bits per heavy atom. The maximum Gasteiger partial charge on any atom is 0.142 e. The lowest BCUT2D eigenvalue weighted by Crippen LogP contribution is -2.14. The summed E-state index contributed by atoms with van der Waals surface area (Å²) >= 11 is 0. The average Bonchev–Trinajstić information content (AvgIpc) is 3.40. The minimum atomic E-state index is -0.792. The molecule has 1 nitrogen and oxygen atoms in total. The Kier molecular flexibility index (Phi) is 8.85. The van der Waals surface area contributed by atoms with Crippen molar-refractivity contribution >= 4 is 65.1 Å².